The molecule has 2 aromatic rings. The van der Waals surface area contributed by atoms with Crippen LogP contribution in [0.1, 0.15) is 48.2 Å². The Labute approximate surface area is 195 Å². The van der Waals surface area contributed by atoms with Crippen LogP contribution in [-0.4, -0.2) is 40.0 Å². The molecule has 2 aliphatic heterocycles. The molecule has 7 heteroatoms. The van der Waals surface area contributed by atoms with Gasteiger partial charge in [0.1, 0.15) is 0 Å². The van der Waals surface area contributed by atoms with Crippen LogP contribution in [0.3, 0.4) is 0 Å². The Bertz CT molecular complexity index is 1040. The van der Waals surface area contributed by atoms with Crippen molar-refractivity contribution < 1.29 is 14.7 Å². The number of aliphatic hydroxyl groups is 1. The smallest absolute Gasteiger partial charge is 0.260 e. The number of hydrogen-bond acceptors (Lipinski definition) is 5. The zero-order chi connectivity index (χ0) is 22.2. The SMILES string of the molecule is CC(C)(O)C1CCCN1Cc1ccc(NC=C2C(=O)NC(=O)c3ccc(I)cc32)cc1. The number of rotatable bonds is 5. The number of hydrogen-bond donors (Lipinski definition) is 3. The highest BCUT2D eigenvalue weighted by Gasteiger charge is 2.35. The molecule has 1 unspecified atom stereocenters. The van der Waals surface area contributed by atoms with Crippen molar-refractivity contribution in [2.24, 2.45) is 0 Å². The maximum Gasteiger partial charge on any atom is 0.260 e. The fraction of sp³-hybridized carbons (Fsp3) is 0.333. The molecule has 1 fully saturated rings. The van der Waals surface area contributed by atoms with Crippen molar-refractivity contribution in [2.45, 2.75) is 44.9 Å². The van der Waals surface area contributed by atoms with E-state index in [1.807, 2.05) is 38.1 Å². The van der Waals surface area contributed by atoms with Gasteiger partial charge in [-0.15, -0.1) is 0 Å². The van der Waals surface area contributed by atoms with Crippen LogP contribution in [0.25, 0.3) is 5.57 Å². The fourth-order valence-corrected chi connectivity index (χ4v) is 4.84. The van der Waals surface area contributed by atoms with Gasteiger partial charge >= 0.3 is 0 Å². The van der Waals surface area contributed by atoms with Crippen molar-refractivity contribution in [3.05, 3.63) is 68.9 Å². The van der Waals surface area contributed by atoms with Crippen LogP contribution in [0.15, 0.2) is 48.7 Å². The summed E-state index contributed by atoms with van der Waals surface area (Å²) in [5.41, 5.74) is 2.89. The largest absolute Gasteiger partial charge is 0.389 e. The average Bonchev–Trinajstić information content (AvgIpc) is 3.17. The van der Waals surface area contributed by atoms with Gasteiger partial charge in [-0.25, -0.2) is 0 Å². The van der Waals surface area contributed by atoms with Crippen molar-refractivity contribution in [1.82, 2.24) is 10.2 Å². The Morgan fingerprint density at radius 2 is 1.90 bits per heavy atom. The monoisotopic (exact) mass is 531 g/mol. The molecule has 1 saturated heterocycles. The third-order valence-corrected chi connectivity index (χ3v) is 6.56. The molecule has 2 aliphatic rings. The molecule has 2 heterocycles. The Balaban J connectivity index is 1.48. The van der Waals surface area contributed by atoms with Gasteiger partial charge in [0.2, 0.25) is 0 Å². The maximum absolute atomic E-state index is 12.4. The second kappa shape index (κ2) is 8.72. The number of fused-ring (bicyclic) bond motifs is 1. The number of likely N-dealkylation sites (tertiary alicyclic amines) is 1. The zero-order valence-electron chi connectivity index (χ0n) is 17.6. The van der Waals surface area contributed by atoms with E-state index in [0.717, 1.165) is 35.2 Å². The second-order valence-electron chi connectivity index (χ2n) is 8.65. The van der Waals surface area contributed by atoms with Gasteiger partial charge in [-0.1, -0.05) is 12.1 Å². The van der Waals surface area contributed by atoms with Gasteiger partial charge in [0, 0.05) is 39.2 Å². The molecule has 3 N–H and O–H groups in total. The van der Waals surface area contributed by atoms with Crippen molar-refractivity contribution in [2.75, 3.05) is 11.9 Å². The highest BCUT2D eigenvalue weighted by atomic mass is 127. The maximum atomic E-state index is 12.4. The predicted molar refractivity (Wildman–Crippen MR) is 129 cm³/mol. The van der Waals surface area contributed by atoms with E-state index in [1.165, 1.54) is 5.56 Å². The Morgan fingerprint density at radius 3 is 2.61 bits per heavy atom. The van der Waals surface area contributed by atoms with Gasteiger partial charge in [0.25, 0.3) is 11.8 Å². The normalized spacial score (nSPS) is 20.6. The zero-order valence-corrected chi connectivity index (χ0v) is 19.8. The fourth-order valence-electron chi connectivity index (χ4n) is 4.35. The predicted octanol–water partition coefficient (Wildman–Crippen LogP) is 3.75. The molecule has 162 valence electrons. The third-order valence-electron chi connectivity index (χ3n) is 5.89. The van der Waals surface area contributed by atoms with E-state index in [1.54, 1.807) is 12.3 Å². The molecule has 1 atom stereocenters. The minimum atomic E-state index is -0.708. The van der Waals surface area contributed by atoms with Gasteiger partial charge in [-0.2, -0.15) is 0 Å². The van der Waals surface area contributed by atoms with Crippen LogP contribution in [0, 0.1) is 3.57 Å². The van der Waals surface area contributed by atoms with E-state index in [2.05, 4.69) is 50.3 Å². The second-order valence-corrected chi connectivity index (χ2v) is 9.90. The average molecular weight is 531 g/mol. The minimum absolute atomic E-state index is 0.172. The first kappa shape index (κ1) is 22.0. The lowest BCUT2D eigenvalue weighted by Crippen LogP contribution is -2.45. The van der Waals surface area contributed by atoms with Crippen LogP contribution >= 0.6 is 22.6 Å². The third kappa shape index (κ3) is 4.83. The van der Waals surface area contributed by atoms with Crippen molar-refractivity contribution in [3.8, 4) is 0 Å². The highest BCUT2D eigenvalue weighted by Crippen LogP contribution is 2.29. The van der Waals surface area contributed by atoms with Crippen LogP contribution < -0.4 is 10.6 Å². The number of carbonyl (C=O) groups is 2. The first-order valence-electron chi connectivity index (χ1n) is 10.4. The lowest BCUT2D eigenvalue weighted by atomic mass is 9.95. The molecule has 0 bridgehead atoms. The number of nitrogens with one attached hydrogen (secondary N) is 2. The van der Waals surface area contributed by atoms with Gasteiger partial charge in [0.05, 0.1) is 11.2 Å². The van der Waals surface area contributed by atoms with Crippen LogP contribution in [0.4, 0.5) is 5.69 Å². The van der Waals surface area contributed by atoms with Crippen LogP contribution in [0.5, 0.6) is 0 Å². The molecule has 0 spiro atoms. The Kier molecular flexibility index (Phi) is 6.18. The Morgan fingerprint density at radius 1 is 1.16 bits per heavy atom. The van der Waals surface area contributed by atoms with Gasteiger partial charge in [-0.05, 0) is 91.7 Å². The molecule has 0 aromatic heterocycles. The number of anilines is 1. The molecule has 0 aliphatic carbocycles. The van der Waals surface area contributed by atoms with Crippen LogP contribution in [-0.2, 0) is 11.3 Å². The number of benzene rings is 2. The van der Waals surface area contributed by atoms with Crippen molar-refractivity contribution in [3.63, 3.8) is 0 Å². The van der Waals surface area contributed by atoms with E-state index in [0.29, 0.717) is 16.7 Å². The molecule has 4 rings (SSSR count). The van der Waals surface area contributed by atoms with E-state index in [4.69, 9.17) is 0 Å². The van der Waals surface area contributed by atoms with Crippen molar-refractivity contribution in [1.29, 1.82) is 0 Å². The quantitative estimate of drug-likeness (QED) is 0.311. The first-order valence-corrected chi connectivity index (χ1v) is 11.5. The lowest BCUT2D eigenvalue weighted by molar-refractivity contribution is -0.114. The highest BCUT2D eigenvalue weighted by molar-refractivity contribution is 14.1. The Hall–Kier alpha value is -2.23. The van der Waals surface area contributed by atoms with Crippen LogP contribution in [0.2, 0.25) is 0 Å². The summed E-state index contributed by atoms with van der Waals surface area (Å²) in [4.78, 5) is 26.8. The first-order chi connectivity index (χ1) is 14.7. The van der Waals surface area contributed by atoms with E-state index in [-0.39, 0.29) is 11.9 Å². The summed E-state index contributed by atoms with van der Waals surface area (Å²) in [7, 11) is 0. The van der Waals surface area contributed by atoms with Gasteiger partial charge in [-0.3, -0.25) is 19.8 Å². The van der Waals surface area contributed by atoms with E-state index < -0.39 is 11.5 Å². The molecule has 2 amide bonds. The van der Waals surface area contributed by atoms with Crippen molar-refractivity contribution >= 4 is 45.7 Å². The number of imide groups is 1. The molecular weight excluding hydrogens is 505 g/mol. The van der Waals surface area contributed by atoms with E-state index >= 15 is 0 Å². The topological polar surface area (TPSA) is 81.7 Å². The summed E-state index contributed by atoms with van der Waals surface area (Å²) in [6.07, 6.45) is 3.77. The molecule has 6 nitrogen and oxygen atoms in total. The number of nitrogens with zero attached hydrogens (tertiary/aromatic N) is 1. The molecule has 0 saturated carbocycles. The minimum Gasteiger partial charge on any atom is -0.389 e. The molecule has 31 heavy (non-hydrogen) atoms. The lowest BCUT2D eigenvalue weighted by Gasteiger charge is -2.33. The number of amides is 2. The molecule has 0 radical (unpaired) electrons. The summed E-state index contributed by atoms with van der Waals surface area (Å²) in [5, 5.41) is 16.0. The standard InChI is InChI=1S/C24H26IN3O3/c1-24(2,31)21-4-3-11-28(21)14-15-5-8-17(9-6-15)26-13-20-19-12-16(25)7-10-18(19)22(29)27-23(20)30/h5-10,12-13,21,26,31H,3-4,11,14H2,1-2H3,(H,27,29,30). The van der Waals surface area contributed by atoms with E-state index in [9.17, 15) is 14.7 Å². The summed E-state index contributed by atoms with van der Waals surface area (Å²) >= 11 is 2.17. The van der Waals surface area contributed by atoms with Gasteiger partial charge in [0.15, 0.2) is 0 Å². The molecule has 2 aromatic carbocycles. The van der Waals surface area contributed by atoms with Gasteiger partial charge < -0.3 is 10.4 Å². The summed E-state index contributed by atoms with van der Waals surface area (Å²) in [6, 6.07) is 13.7. The molecular formula is C24H26IN3O3. The number of carbonyl (C=O) groups excluding carboxylic acids is 2. The number of halogens is 1. The summed E-state index contributed by atoms with van der Waals surface area (Å²) in [6.45, 7) is 5.55. The summed E-state index contributed by atoms with van der Waals surface area (Å²) < 4.78 is 0.959. The summed E-state index contributed by atoms with van der Waals surface area (Å²) in [5.74, 6) is -0.778.